The van der Waals surface area contributed by atoms with E-state index in [0.717, 1.165) is 12.5 Å². The van der Waals surface area contributed by atoms with Gasteiger partial charge in [-0.25, -0.2) is 9.78 Å². The monoisotopic (exact) mass is 321 g/mol. The number of nitrogens with zero attached hydrogens (tertiary/aromatic N) is 2. The SMILES string of the molecule is COC(=O)c1sc2nc(CN(C)CC3CC3)[nH]c(=O)c2c1C. The van der Waals surface area contributed by atoms with E-state index >= 15 is 0 Å². The molecule has 0 radical (unpaired) electrons. The van der Waals surface area contributed by atoms with Crippen LogP contribution in [0.1, 0.15) is 33.9 Å². The molecule has 0 aliphatic heterocycles. The lowest BCUT2D eigenvalue weighted by Gasteiger charge is -2.15. The normalized spacial score (nSPS) is 14.7. The molecule has 2 heterocycles. The smallest absolute Gasteiger partial charge is 0.348 e. The Kier molecular flexibility index (Phi) is 4.01. The molecule has 0 atom stereocenters. The van der Waals surface area contributed by atoms with E-state index < -0.39 is 5.97 Å². The van der Waals surface area contributed by atoms with Crippen LogP contribution in [0.25, 0.3) is 10.2 Å². The van der Waals surface area contributed by atoms with Gasteiger partial charge in [-0.15, -0.1) is 11.3 Å². The summed E-state index contributed by atoms with van der Waals surface area (Å²) in [6, 6.07) is 0. The van der Waals surface area contributed by atoms with Crippen molar-refractivity contribution in [3.05, 3.63) is 26.6 Å². The van der Waals surface area contributed by atoms with Gasteiger partial charge in [-0.1, -0.05) is 0 Å². The van der Waals surface area contributed by atoms with Crippen LogP contribution < -0.4 is 5.56 Å². The summed E-state index contributed by atoms with van der Waals surface area (Å²) in [7, 11) is 3.37. The molecular formula is C15H19N3O3S. The highest BCUT2D eigenvalue weighted by atomic mass is 32.1. The number of H-pyrrole nitrogens is 1. The van der Waals surface area contributed by atoms with Crippen molar-refractivity contribution in [2.75, 3.05) is 20.7 Å². The number of thiophene rings is 1. The van der Waals surface area contributed by atoms with Crippen LogP contribution in [0.15, 0.2) is 4.79 Å². The highest BCUT2D eigenvalue weighted by molar-refractivity contribution is 7.20. The molecule has 3 rings (SSSR count). The number of rotatable bonds is 5. The van der Waals surface area contributed by atoms with Gasteiger partial charge in [0.15, 0.2) is 0 Å². The summed E-state index contributed by atoms with van der Waals surface area (Å²) >= 11 is 1.21. The van der Waals surface area contributed by atoms with Crippen molar-refractivity contribution >= 4 is 27.5 Å². The van der Waals surface area contributed by atoms with E-state index in [1.165, 1.54) is 31.3 Å². The molecule has 1 aliphatic rings. The quantitative estimate of drug-likeness (QED) is 0.852. The van der Waals surface area contributed by atoms with Gasteiger partial charge in [0.05, 0.1) is 19.0 Å². The fourth-order valence-electron chi connectivity index (χ4n) is 2.61. The second-order valence-electron chi connectivity index (χ2n) is 5.88. The first kappa shape index (κ1) is 15.2. The highest BCUT2D eigenvalue weighted by Gasteiger charge is 2.24. The number of carbonyl (C=O) groups is 1. The zero-order chi connectivity index (χ0) is 15.9. The van der Waals surface area contributed by atoms with E-state index in [4.69, 9.17) is 4.74 Å². The minimum absolute atomic E-state index is 0.191. The number of ether oxygens (including phenoxy) is 1. The second kappa shape index (κ2) is 5.81. The summed E-state index contributed by atoms with van der Waals surface area (Å²) in [5, 5.41) is 0.485. The fraction of sp³-hybridized carbons (Fsp3) is 0.533. The Bertz CT molecular complexity index is 776. The maximum Gasteiger partial charge on any atom is 0.348 e. The van der Waals surface area contributed by atoms with Crippen LogP contribution in [0.2, 0.25) is 0 Å². The van der Waals surface area contributed by atoms with Gasteiger partial charge in [0, 0.05) is 6.54 Å². The molecule has 118 valence electrons. The molecule has 0 unspecified atom stereocenters. The van der Waals surface area contributed by atoms with Gasteiger partial charge < -0.3 is 9.72 Å². The fourth-order valence-corrected chi connectivity index (χ4v) is 3.73. The Morgan fingerprint density at radius 1 is 1.50 bits per heavy atom. The van der Waals surface area contributed by atoms with Gasteiger partial charge in [-0.3, -0.25) is 9.69 Å². The Balaban J connectivity index is 1.93. The molecule has 2 aromatic heterocycles. The first-order valence-corrected chi connectivity index (χ1v) is 8.10. The van der Waals surface area contributed by atoms with Crippen molar-refractivity contribution in [1.29, 1.82) is 0 Å². The van der Waals surface area contributed by atoms with Gasteiger partial charge in [-0.05, 0) is 38.3 Å². The lowest BCUT2D eigenvalue weighted by molar-refractivity contribution is 0.0605. The Morgan fingerprint density at radius 3 is 2.86 bits per heavy atom. The zero-order valence-corrected chi connectivity index (χ0v) is 13.7. The number of aromatic amines is 1. The summed E-state index contributed by atoms with van der Waals surface area (Å²) in [6.07, 6.45) is 2.58. The lowest BCUT2D eigenvalue weighted by atomic mass is 10.2. The van der Waals surface area contributed by atoms with Gasteiger partial charge in [-0.2, -0.15) is 0 Å². The average Bonchev–Trinajstić information content (AvgIpc) is 3.20. The molecule has 7 heteroatoms. The number of aromatic nitrogens is 2. The third-order valence-corrected chi connectivity index (χ3v) is 5.07. The molecule has 0 saturated heterocycles. The van der Waals surface area contributed by atoms with Crippen LogP contribution in [0.3, 0.4) is 0 Å². The van der Waals surface area contributed by atoms with Crippen molar-refractivity contribution < 1.29 is 9.53 Å². The summed E-state index contributed by atoms with van der Waals surface area (Å²) < 4.78 is 4.76. The van der Waals surface area contributed by atoms with Crippen molar-refractivity contribution in [1.82, 2.24) is 14.9 Å². The number of methoxy groups -OCH3 is 1. The van der Waals surface area contributed by atoms with Crippen molar-refractivity contribution in [3.63, 3.8) is 0 Å². The van der Waals surface area contributed by atoms with Gasteiger partial charge in [0.1, 0.15) is 15.5 Å². The Hall–Kier alpha value is -1.73. The van der Waals surface area contributed by atoms with E-state index in [0.29, 0.717) is 33.0 Å². The van der Waals surface area contributed by atoms with Gasteiger partial charge in [0.25, 0.3) is 5.56 Å². The summed E-state index contributed by atoms with van der Waals surface area (Å²) in [4.78, 5) is 34.6. The van der Waals surface area contributed by atoms with Crippen molar-refractivity contribution in [2.24, 2.45) is 5.92 Å². The molecular weight excluding hydrogens is 302 g/mol. The molecule has 0 bridgehead atoms. The largest absolute Gasteiger partial charge is 0.465 e. The van der Waals surface area contributed by atoms with E-state index in [2.05, 4.69) is 14.9 Å². The maximum absolute atomic E-state index is 12.3. The standard InChI is InChI=1S/C15H19N3O3S/c1-8-11-13(19)16-10(7-18(2)6-9-4-5-9)17-14(11)22-12(8)15(20)21-3/h9H,4-7H2,1-3H3,(H,16,17,19). The Morgan fingerprint density at radius 2 is 2.23 bits per heavy atom. The first-order valence-electron chi connectivity index (χ1n) is 7.28. The molecule has 0 aromatic carbocycles. The minimum Gasteiger partial charge on any atom is -0.465 e. The number of esters is 1. The molecule has 0 amide bonds. The number of fused-ring (bicyclic) bond motifs is 1. The third-order valence-electron chi connectivity index (χ3n) is 3.91. The average molecular weight is 321 g/mol. The number of nitrogens with one attached hydrogen (secondary N) is 1. The number of carbonyl (C=O) groups excluding carboxylic acids is 1. The first-order chi connectivity index (χ1) is 10.5. The predicted octanol–water partition coefficient (Wildman–Crippen LogP) is 1.92. The molecule has 1 aliphatic carbocycles. The van der Waals surface area contributed by atoms with Crippen LogP contribution in [-0.2, 0) is 11.3 Å². The topological polar surface area (TPSA) is 75.3 Å². The molecule has 1 N–H and O–H groups in total. The molecule has 2 aromatic rings. The van der Waals surface area contributed by atoms with Crippen molar-refractivity contribution in [2.45, 2.75) is 26.3 Å². The van der Waals surface area contributed by atoms with Gasteiger partial charge >= 0.3 is 5.97 Å². The van der Waals surface area contributed by atoms with E-state index in [1.54, 1.807) is 6.92 Å². The van der Waals surface area contributed by atoms with Crippen molar-refractivity contribution in [3.8, 4) is 0 Å². The molecule has 1 saturated carbocycles. The van der Waals surface area contributed by atoms with Gasteiger partial charge in [0.2, 0.25) is 0 Å². The highest BCUT2D eigenvalue weighted by Crippen LogP contribution is 2.30. The lowest BCUT2D eigenvalue weighted by Crippen LogP contribution is -2.23. The Labute approximate surface area is 132 Å². The zero-order valence-electron chi connectivity index (χ0n) is 12.9. The van der Waals surface area contributed by atoms with Crippen LogP contribution in [-0.4, -0.2) is 41.5 Å². The predicted molar refractivity (Wildman–Crippen MR) is 85.4 cm³/mol. The van der Waals surface area contributed by atoms with E-state index in [1.807, 2.05) is 7.05 Å². The maximum atomic E-state index is 12.3. The van der Waals surface area contributed by atoms with Crippen LogP contribution in [0.4, 0.5) is 0 Å². The minimum atomic E-state index is -0.424. The van der Waals surface area contributed by atoms with Crippen LogP contribution >= 0.6 is 11.3 Å². The molecule has 0 spiro atoms. The molecule has 1 fully saturated rings. The third kappa shape index (κ3) is 2.91. The van der Waals surface area contributed by atoms with Crippen LogP contribution in [0, 0.1) is 12.8 Å². The van der Waals surface area contributed by atoms with Crippen LogP contribution in [0.5, 0.6) is 0 Å². The molecule has 22 heavy (non-hydrogen) atoms. The molecule has 6 nitrogen and oxygen atoms in total. The van der Waals surface area contributed by atoms with E-state index in [-0.39, 0.29) is 5.56 Å². The summed E-state index contributed by atoms with van der Waals surface area (Å²) in [5.74, 6) is 1.00. The summed E-state index contributed by atoms with van der Waals surface area (Å²) in [6.45, 7) is 3.38. The number of hydrogen-bond acceptors (Lipinski definition) is 6. The number of aryl methyl sites for hydroxylation is 1. The summed E-state index contributed by atoms with van der Waals surface area (Å²) in [5.41, 5.74) is 0.446. The number of hydrogen-bond donors (Lipinski definition) is 1. The van der Waals surface area contributed by atoms with E-state index in [9.17, 15) is 9.59 Å². The second-order valence-corrected chi connectivity index (χ2v) is 6.88.